The average Bonchev–Trinajstić information content (AvgIpc) is 2.37. The van der Waals surface area contributed by atoms with Crippen LogP contribution in [0.2, 0.25) is 0 Å². The van der Waals surface area contributed by atoms with E-state index in [1.807, 2.05) is 4.90 Å². The molecule has 0 bridgehead atoms. The number of carbonyl (C=O) groups excluding carboxylic acids is 1. The molecular weight excluding hydrogens is 229 g/mol. The number of amides is 1. The molecule has 0 aliphatic carbocycles. The highest BCUT2D eigenvalue weighted by Gasteiger charge is 2.07. The molecule has 0 saturated heterocycles. The summed E-state index contributed by atoms with van der Waals surface area (Å²) in [6.07, 6.45) is 5.19. The minimum Gasteiger partial charge on any atom is -0.339 e. The van der Waals surface area contributed by atoms with Crippen molar-refractivity contribution >= 4 is 12.0 Å². The Morgan fingerprint density at radius 3 is 2.22 bits per heavy atom. The van der Waals surface area contributed by atoms with Gasteiger partial charge in [0.05, 0.1) is 0 Å². The summed E-state index contributed by atoms with van der Waals surface area (Å²) in [5.41, 5.74) is 0.831. The van der Waals surface area contributed by atoms with Crippen molar-refractivity contribution in [3.05, 3.63) is 41.7 Å². The lowest BCUT2D eigenvalue weighted by Gasteiger charge is -2.19. The lowest BCUT2D eigenvalue weighted by Crippen LogP contribution is -2.30. The lowest BCUT2D eigenvalue weighted by atomic mass is 10.2. The van der Waals surface area contributed by atoms with Crippen LogP contribution in [0.5, 0.6) is 0 Å². The van der Waals surface area contributed by atoms with Crippen LogP contribution in [0.15, 0.2) is 30.3 Å². The molecule has 0 spiro atoms. The van der Waals surface area contributed by atoms with E-state index in [1.165, 1.54) is 12.1 Å². The second-order valence-electron chi connectivity index (χ2n) is 4.21. The third-order valence-electron chi connectivity index (χ3n) is 2.59. The fourth-order valence-electron chi connectivity index (χ4n) is 1.72. The van der Waals surface area contributed by atoms with Crippen molar-refractivity contribution in [3.63, 3.8) is 0 Å². The van der Waals surface area contributed by atoms with Crippen molar-refractivity contribution in [2.75, 3.05) is 13.1 Å². The predicted molar refractivity (Wildman–Crippen MR) is 72.6 cm³/mol. The Kier molecular flexibility index (Phi) is 6.12. The van der Waals surface area contributed by atoms with Crippen molar-refractivity contribution in [1.29, 1.82) is 0 Å². The molecule has 0 aliphatic heterocycles. The molecule has 98 valence electrons. The average molecular weight is 249 g/mol. The van der Waals surface area contributed by atoms with Crippen LogP contribution in [-0.2, 0) is 4.79 Å². The van der Waals surface area contributed by atoms with Gasteiger partial charge in [-0.1, -0.05) is 26.0 Å². The van der Waals surface area contributed by atoms with Gasteiger partial charge in [-0.05, 0) is 36.6 Å². The Morgan fingerprint density at radius 1 is 1.17 bits per heavy atom. The molecule has 0 aromatic heterocycles. The van der Waals surface area contributed by atoms with Gasteiger partial charge >= 0.3 is 0 Å². The second-order valence-corrected chi connectivity index (χ2v) is 4.21. The first-order chi connectivity index (χ1) is 8.67. The zero-order chi connectivity index (χ0) is 13.4. The topological polar surface area (TPSA) is 20.3 Å². The van der Waals surface area contributed by atoms with Gasteiger partial charge in [0.15, 0.2) is 0 Å². The summed E-state index contributed by atoms with van der Waals surface area (Å²) in [6, 6.07) is 6.09. The van der Waals surface area contributed by atoms with Crippen LogP contribution >= 0.6 is 0 Å². The van der Waals surface area contributed by atoms with Crippen LogP contribution in [0.25, 0.3) is 6.08 Å². The third kappa shape index (κ3) is 4.70. The molecule has 1 aromatic rings. The molecule has 0 N–H and O–H groups in total. The fraction of sp³-hybridized carbons (Fsp3) is 0.400. The molecule has 1 amide bonds. The summed E-state index contributed by atoms with van der Waals surface area (Å²) >= 11 is 0. The molecule has 1 rings (SSSR count). The monoisotopic (exact) mass is 249 g/mol. The SMILES string of the molecule is CCCN(CCC)C(=O)/C=C/c1ccc(F)cc1. The zero-order valence-electron chi connectivity index (χ0n) is 11.0. The van der Waals surface area contributed by atoms with Crippen LogP contribution in [0, 0.1) is 5.82 Å². The molecule has 1 aromatic carbocycles. The first-order valence-electron chi connectivity index (χ1n) is 6.40. The van der Waals surface area contributed by atoms with E-state index in [-0.39, 0.29) is 11.7 Å². The molecule has 0 fully saturated rings. The highest BCUT2D eigenvalue weighted by atomic mass is 19.1. The van der Waals surface area contributed by atoms with E-state index in [0.29, 0.717) is 0 Å². The van der Waals surface area contributed by atoms with E-state index < -0.39 is 0 Å². The Balaban J connectivity index is 2.63. The zero-order valence-corrected chi connectivity index (χ0v) is 11.0. The van der Waals surface area contributed by atoms with Crippen LogP contribution in [0.3, 0.4) is 0 Å². The van der Waals surface area contributed by atoms with E-state index in [1.54, 1.807) is 24.3 Å². The number of hydrogen-bond donors (Lipinski definition) is 0. The standard InChI is InChI=1S/C15H20FNO/c1-3-11-17(12-4-2)15(18)10-7-13-5-8-14(16)9-6-13/h5-10H,3-4,11-12H2,1-2H3/b10-7+. The summed E-state index contributed by atoms with van der Waals surface area (Å²) < 4.78 is 12.7. The van der Waals surface area contributed by atoms with Crippen molar-refractivity contribution in [2.24, 2.45) is 0 Å². The van der Waals surface area contributed by atoms with E-state index in [0.717, 1.165) is 31.5 Å². The van der Waals surface area contributed by atoms with Gasteiger partial charge in [0.25, 0.3) is 0 Å². The Morgan fingerprint density at radius 2 is 1.72 bits per heavy atom. The molecule has 0 radical (unpaired) electrons. The van der Waals surface area contributed by atoms with Crippen molar-refractivity contribution in [2.45, 2.75) is 26.7 Å². The van der Waals surface area contributed by atoms with E-state index in [9.17, 15) is 9.18 Å². The summed E-state index contributed by atoms with van der Waals surface area (Å²) in [6.45, 7) is 5.67. The first-order valence-corrected chi connectivity index (χ1v) is 6.40. The van der Waals surface area contributed by atoms with Crippen LogP contribution in [0.4, 0.5) is 4.39 Å². The molecule has 0 unspecified atom stereocenters. The van der Waals surface area contributed by atoms with Gasteiger partial charge in [-0.15, -0.1) is 0 Å². The lowest BCUT2D eigenvalue weighted by molar-refractivity contribution is -0.126. The molecular formula is C15H20FNO. The minimum atomic E-state index is -0.267. The second kappa shape index (κ2) is 7.64. The van der Waals surface area contributed by atoms with Crippen molar-refractivity contribution in [3.8, 4) is 0 Å². The highest BCUT2D eigenvalue weighted by Crippen LogP contribution is 2.05. The highest BCUT2D eigenvalue weighted by molar-refractivity contribution is 5.91. The maximum absolute atomic E-state index is 12.7. The fourth-order valence-corrected chi connectivity index (χ4v) is 1.72. The van der Waals surface area contributed by atoms with Gasteiger partial charge in [-0.2, -0.15) is 0 Å². The van der Waals surface area contributed by atoms with Gasteiger partial charge < -0.3 is 4.90 Å². The number of rotatable bonds is 6. The van der Waals surface area contributed by atoms with Crippen LogP contribution in [-0.4, -0.2) is 23.9 Å². The number of nitrogens with zero attached hydrogens (tertiary/aromatic N) is 1. The number of hydrogen-bond acceptors (Lipinski definition) is 1. The maximum Gasteiger partial charge on any atom is 0.246 e. The van der Waals surface area contributed by atoms with Gasteiger partial charge in [0, 0.05) is 19.2 Å². The molecule has 0 atom stereocenters. The molecule has 0 heterocycles. The number of halogens is 1. The summed E-state index contributed by atoms with van der Waals surface area (Å²) in [5.74, 6) is -0.250. The molecule has 2 nitrogen and oxygen atoms in total. The maximum atomic E-state index is 12.7. The number of benzene rings is 1. The van der Waals surface area contributed by atoms with Crippen molar-refractivity contribution in [1.82, 2.24) is 4.90 Å². The Labute approximate surface area is 108 Å². The summed E-state index contributed by atoms with van der Waals surface area (Å²) in [4.78, 5) is 13.8. The first kappa shape index (κ1) is 14.4. The van der Waals surface area contributed by atoms with E-state index in [4.69, 9.17) is 0 Å². The smallest absolute Gasteiger partial charge is 0.246 e. The predicted octanol–water partition coefficient (Wildman–Crippen LogP) is 3.49. The van der Waals surface area contributed by atoms with Gasteiger partial charge in [0.2, 0.25) is 5.91 Å². The van der Waals surface area contributed by atoms with Crippen LogP contribution in [0.1, 0.15) is 32.3 Å². The number of carbonyl (C=O) groups is 1. The van der Waals surface area contributed by atoms with Crippen molar-refractivity contribution < 1.29 is 9.18 Å². The van der Waals surface area contributed by atoms with Gasteiger partial charge in [0.1, 0.15) is 5.82 Å². The quantitative estimate of drug-likeness (QED) is 0.707. The van der Waals surface area contributed by atoms with E-state index >= 15 is 0 Å². The normalized spacial score (nSPS) is 10.8. The minimum absolute atomic E-state index is 0.0167. The third-order valence-corrected chi connectivity index (χ3v) is 2.59. The van der Waals surface area contributed by atoms with Gasteiger partial charge in [-0.3, -0.25) is 4.79 Å². The molecule has 18 heavy (non-hydrogen) atoms. The van der Waals surface area contributed by atoms with Gasteiger partial charge in [-0.25, -0.2) is 4.39 Å². The van der Waals surface area contributed by atoms with Crippen LogP contribution < -0.4 is 0 Å². The molecule has 0 aliphatic rings. The summed E-state index contributed by atoms with van der Waals surface area (Å²) in [7, 11) is 0. The Hall–Kier alpha value is -1.64. The van der Waals surface area contributed by atoms with E-state index in [2.05, 4.69) is 13.8 Å². The summed E-state index contributed by atoms with van der Waals surface area (Å²) in [5, 5.41) is 0. The Bertz CT molecular complexity index is 391. The molecule has 3 heteroatoms. The largest absolute Gasteiger partial charge is 0.339 e. The molecule has 0 saturated carbocycles.